The molecule has 0 atom stereocenters. The Morgan fingerprint density at radius 1 is 1.40 bits per heavy atom. The summed E-state index contributed by atoms with van der Waals surface area (Å²) in [6.07, 6.45) is 6.59. The monoisotopic (exact) mass is 136 g/mol. The fourth-order valence-corrected chi connectivity index (χ4v) is 0.841. The largest absolute Gasteiger partial charge is 0.399 e. The zero-order chi connectivity index (χ0) is 7.56. The summed E-state index contributed by atoms with van der Waals surface area (Å²) in [5.74, 6) is 0. The third-order valence-electron chi connectivity index (χ3n) is 1.55. The van der Waals surface area contributed by atoms with E-state index in [1.807, 2.05) is 19.1 Å². The van der Waals surface area contributed by atoms with Gasteiger partial charge in [-0.3, -0.25) is 0 Å². The topological polar surface area (TPSA) is 52.0 Å². The average Bonchev–Trinajstić information content (AvgIpc) is 1.96. The summed E-state index contributed by atoms with van der Waals surface area (Å²) in [5, 5.41) is 0. The molecule has 0 fully saturated rings. The smallest absolute Gasteiger partial charge is 0.0331 e. The van der Waals surface area contributed by atoms with Crippen molar-refractivity contribution in [2.75, 3.05) is 0 Å². The van der Waals surface area contributed by atoms with Crippen molar-refractivity contribution < 1.29 is 0 Å². The molecule has 1 aliphatic carbocycles. The van der Waals surface area contributed by atoms with Crippen LogP contribution in [-0.2, 0) is 0 Å². The highest BCUT2D eigenvalue weighted by Crippen LogP contribution is 2.10. The van der Waals surface area contributed by atoms with Crippen LogP contribution in [-0.4, -0.2) is 0 Å². The summed E-state index contributed by atoms with van der Waals surface area (Å²) >= 11 is 0. The van der Waals surface area contributed by atoms with E-state index in [4.69, 9.17) is 11.5 Å². The van der Waals surface area contributed by atoms with Crippen molar-refractivity contribution in [1.29, 1.82) is 0 Å². The van der Waals surface area contributed by atoms with Crippen LogP contribution in [0.2, 0.25) is 0 Å². The van der Waals surface area contributed by atoms with Crippen molar-refractivity contribution in [1.82, 2.24) is 0 Å². The van der Waals surface area contributed by atoms with E-state index in [1.54, 1.807) is 6.08 Å². The lowest BCUT2D eigenvalue weighted by atomic mass is 10.2. The number of hydrogen-bond donors (Lipinski definition) is 2. The maximum Gasteiger partial charge on any atom is 0.0331 e. The van der Waals surface area contributed by atoms with E-state index in [-0.39, 0.29) is 0 Å². The lowest BCUT2D eigenvalue weighted by molar-refractivity contribution is 1.15. The van der Waals surface area contributed by atoms with Crippen molar-refractivity contribution in [2.24, 2.45) is 11.5 Å². The first-order chi connectivity index (χ1) is 4.70. The fraction of sp³-hybridized carbons (Fsp3) is 0.250. The molecule has 0 spiro atoms. The molecule has 0 aromatic heterocycles. The van der Waals surface area contributed by atoms with Crippen LogP contribution in [0.4, 0.5) is 0 Å². The molecule has 0 bridgehead atoms. The van der Waals surface area contributed by atoms with Crippen LogP contribution in [0.15, 0.2) is 35.2 Å². The Hall–Kier alpha value is -1.18. The Bertz CT molecular complexity index is 221. The van der Waals surface area contributed by atoms with Gasteiger partial charge in [-0.1, -0.05) is 6.08 Å². The molecule has 1 aliphatic rings. The highest BCUT2D eigenvalue weighted by atomic mass is 14.6. The van der Waals surface area contributed by atoms with Crippen LogP contribution in [0.25, 0.3) is 0 Å². The fourth-order valence-electron chi connectivity index (χ4n) is 0.841. The van der Waals surface area contributed by atoms with Gasteiger partial charge in [0.1, 0.15) is 0 Å². The summed E-state index contributed by atoms with van der Waals surface area (Å²) < 4.78 is 0. The van der Waals surface area contributed by atoms with Crippen molar-refractivity contribution in [2.45, 2.75) is 13.3 Å². The number of allylic oxidation sites excluding steroid dienone is 4. The third kappa shape index (κ3) is 1.41. The van der Waals surface area contributed by atoms with Crippen LogP contribution < -0.4 is 11.5 Å². The lowest BCUT2D eigenvalue weighted by Gasteiger charge is -1.96. The van der Waals surface area contributed by atoms with Crippen LogP contribution in [0.5, 0.6) is 0 Å². The minimum absolute atomic E-state index is 0.731. The summed E-state index contributed by atoms with van der Waals surface area (Å²) in [4.78, 5) is 0. The molecule has 0 aromatic carbocycles. The summed E-state index contributed by atoms with van der Waals surface area (Å²) in [7, 11) is 0. The summed E-state index contributed by atoms with van der Waals surface area (Å²) in [6.45, 7) is 2.01. The highest BCUT2D eigenvalue weighted by molar-refractivity contribution is 5.33. The van der Waals surface area contributed by atoms with E-state index in [0.29, 0.717) is 0 Å². The molecule has 0 saturated carbocycles. The molecule has 2 heteroatoms. The van der Waals surface area contributed by atoms with Crippen molar-refractivity contribution in [3.8, 4) is 0 Å². The quantitative estimate of drug-likeness (QED) is 0.522. The predicted octanol–water partition coefficient (Wildman–Crippen LogP) is 1.02. The van der Waals surface area contributed by atoms with Gasteiger partial charge in [-0.2, -0.15) is 0 Å². The van der Waals surface area contributed by atoms with E-state index in [2.05, 4.69) is 0 Å². The molecule has 1 rings (SSSR count). The Balaban J connectivity index is 2.96. The second kappa shape index (κ2) is 2.60. The van der Waals surface area contributed by atoms with E-state index in [0.717, 1.165) is 17.8 Å². The first-order valence-corrected chi connectivity index (χ1v) is 3.29. The Labute approximate surface area is 60.9 Å². The predicted molar refractivity (Wildman–Crippen MR) is 42.9 cm³/mol. The molecule has 54 valence electrons. The van der Waals surface area contributed by atoms with Gasteiger partial charge in [0.15, 0.2) is 0 Å². The molecule has 4 N–H and O–H groups in total. The summed E-state index contributed by atoms with van der Waals surface area (Å²) in [6, 6.07) is 0. The molecule has 0 aliphatic heterocycles. The Morgan fingerprint density at radius 3 is 2.80 bits per heavy atom. The van der Waals surface area contributed by atoms with Gasteiger partial charge in [0.2, 0.25) is 0 Å². The van der Waals surface area contributed by atoms with Crippen molar-refractivity contribution in [3.63, 3.8) is 0 Å². The molecule has 0 aromatic rings. The minimum Gasteiger partial charge on any atom is -0.399 e. The standard InChI is InChI=1S/C8H12N2/c1-6-3-2-4-7(9)5-8(6)10/h2,4-5H,3,9-10H2,1H3. The highest BCUT2D eigenvalue weighted by Gasteiger charge is 1.97. The number of hydrogen-bond acceptors (Lipinski definition) is 2. The molecule has 0 amide bonds. The van der Waals surface area contributed by atoms with Crippen LogP contribution >= 0.6 is 0 Å². The number of rotatable bonds is 0. The first-order valence-electron chi connectivity index (χ1n) is 3.29. The maximum atomic E-state index is 5.65. The van der Waals surface area contributed by atoms with E-state index in [1.165, 1.54) is 5.57 Å². The van der Waals surface area contributed by atoms with E-state index < -0.39 is 0 Å². The van der Waals surface area contributed by atoms with Crippen molar-refractivity contribution >= 4 is 0 Å². The van der Waals surface area contributed by atoms with Gasteiger partial charge in [-0.25, -0.2) is 0 Å². The molecule has 0 unspecified atom stereocenters. The molecule has 2 nitrogen and oxygen atoms in total. The van der Waals surface area contributed by atoms with Crippen LogP contribution in [0, 0.1) is 0 Å². The second-order valence-electron chi connectivity index (χ2n) is 2.49. The van der Waals surface area contributed by atoms with Gasteiger partial charge in [0.25, 0.3) is 0 Å². The molecule has 10 heavy (non-hydrogen) atoms. The lowest BCUT2D eigenvalue weighted by Crippen LogP contribution is -1.99. The van der Waals surface area contributed by atoms with E-state index in [9.17, 15) is 0 Å². The van der Waals surface area contributed by atoms with Gasteiger partial charge in [-0.15, -0.1) is 0 Å². The Kier molecular flexibility index (Phi) is 1.81. The average molecular weight is 136 g/mol. The number of nitrogens with two attached hydrogens (primary N) is 2. The van der Waals surface area contributed by atoms with Crippen LogP contribution in [0.3, 0.4) is 0 Å². The SMILES string of the molecule is CC1=C(N)C=C(N)C=CC1. The zero-order valence-corrected chi connectivity index (χ0v) is 6.09. The maximum absolute atomic E-state index is 5.65. The van der Waals surface area contributed by atoms with Crippen molar-refractivity contribution in [3.05, 3.63) is 35.2 Å². The van der Waals surface area contributed by atoms with Gasteiger partial charge < -0.3 is 11.5 Å². The van der Waals surface area contributed by atoms with Gasteiger partial charge in [-0.05, 0) is 31.1 Å². The van der Waals surface area contributed by atoms with Gasteiger partial charge >= 0.3 is 0 Å². The molecular weight excluding hydrogens is 124 g/mol. The normalized spacial score (nSPS) is 18.7. The Morgan fingerprint density at radius 2 is 2.10 bits per heavy atom. The molecule has 0 saturated heterocycles. The third-order valence-corrected chi connectivity index (χ3v) is 1.55. The van der Waals surface area contributed by atoms with Gasteiger partial charge in [0.05, 0.1) is 0 Å². The summed E-state index contributed by atoms with van der Waals surface area (Å²) in [5.41, 5.74) is 13.9. The van der Waals surface area contributed by atoms with Gasteiger partial charge in [0, 0.05) is 11.4 Å². The van der Waals surface area contributed by atoms with Crippen LogP contribution in [0.1, 0.15) is 13.3 Å². The molecule has 0 radical (unpaired) electrons. The first kappa shape index (κ1) is 6.93. The second-order valence-corrected chi connectivity index (χ2v) is 2.49. The van der Waals surface area contributed by atoms with E-state index >= 15 is 0 Å². The molecular formula is C8H12N2. The zero-order valence-electron chi connectivity index (χ0n) is 6.09. The minimum atomic E-state index is 0.731. The molecule has 0 heterocycles.